The van der Waals surface area contributed by atoms with Crippen LogP contribution in [0.15, 0.2) is 18.2 Å². The molecule has 0 aromatic heterocycles. The van der Waals surface area contributed by atoms with Gasteiger partial charge in [-0.05, 0) is 60.4 Å². The van der Waals surface area contributed by atoms with Gasteiger partial charge in [0.15, 0.2) is 0 Å². The van der Waals surface area contributed by atoms with Gasteiger partial charge in [-0.25, -0.2) is 0 Å². The molecule has 1 aliphatic heterocycles. The number of likely N-dealkylation sites (tertiary alicyclic amines) is 1. The highest BCUT2D eigenvalue weighted by molar-refractivity contribution is 14.1. The maximum absolute atomic E-state index is 12.6. The number of aliphatic hydroxyl groups is 1. The minimum absolute atomic E-state index is 0.0115. The van der Waals surface area contributed by atoms with Crippen molar-refractivity contribution in [2.24, 2.45) is 0 Å². The van der Waals surface area contributed by atoms with E-state index < -0.39 is 0 Å². The first-order valence-corrected chi connectivity index (χ1v) is 7.40. The number of nitrogens with zero attached hydrogens (tertiary/aromatic N) is 1. The molecule has 4 heteroatoms. The summed E-state index contributed by atoms with van der Waals surface area (Å²) in [5.74, 6) is 0.0573. The van der Waals surface area contributed by atoms with Gasteiger partial charge in [-0.1, -0.05) is 12.1 Å². The first kappa shape index (κ1) is 13.8. The van der Waals surface area contributed by atoms with Crippen molar-refractivity contribution in [3.8, 4) is 0 Å². The molecule has 1 atom stereocenters. The predicted molar refractivity (Wildman–Crippen MR) is 79.7 cm³/mol. The molecule has 0 saturated carbocycles. The van der Waals surface area contributed by atoms with Crippen LogP contribution in [-0.2, 0) is 0 Å². The average molecular weight is 359 g/mol. The lowest BCUT2D eigenvalue weighted by molar-refractivity contribution is 0.0502. The van der Waals surface area contributed by atoms with Crippen LogP contribution in [0.4, 0.5) is 0 Å². The first-order chi connectivity index (χ1) is 8.65. The Morgan fingerprint density at radius 3 is 3.00 bits per heavy atom. The Balaban J connectivity index is 2.27. The van der Waals surface area contributed by atoms with Crippen LogP contribution in [-0.4, -0.2) is 35.1 Å². The molecule has 0 bridgehead atoms. The minimum Gasteiger partial charge on any atom is -0.394 e. The molecule has 1 amide bonds. The van der Waals surface area contributed by atoms with Gasteiger partial charge in [-0.15, -0.1) is 0 Å². The van der Waals surface area contributed by atoms with Crippen molar-refractivity contribution in [2.75, 3.05) is 13.2 Å². The van der Waals surface area contributed by atoms with Crippen molar-refractivity contribution in [3.05, 3.63) is 32.9 Å². The number of aliphatic hydroxyl groups excluding tert-OH is 1. The summed E-state index contributed by atoms with van der Waals surface area (Å²) in [7, 11) is 0. The van der Waals surface area contributed by atoms with Crippen molar-refractivity contribution in [2.45, 2.75) is 32.2 Å². The molecule has 1 heterocycles. The minimum atomic E-state index is -0.0115. The summed E-state index contributed by atoms with van der Waals surface area (Å²) in [5, 5.41) is 9.39. The molecule has 1 saturated heterocycles. The lowest BCUT2D eigenvalue weighted by Crippen LogP contribution is -2.45. The van der Waals surface area contributed by atoms with E-state index in [0.717, 1.165) is 40.5 Å². The molecule has 2 rings (SSSR count). The summed E-state index contributed by atoms with van der Waals surface area (Å²) >= 11 is 2.23. The molecular formula is C14H18INO2. The highest BCUT2D eigenvalue weighted by Crippen LogP contribution is 2.23. The summed E-state index contributed by atoms with van der Waals surface area (Å²) in [4.78, 5) is 14.4. The zero-order valence-corrected chi connectivity index (χ0v) is 12.7. The maximum Gasteiger partial charge on any atom is 0.255 e. The van der Waals surface area contributed by atoms with Gasteiger partial charge in [0.25, 0.3) is 5.91 Å². The fourth-order valence-corrected chi connectivity index (χ4v) is 3.02. The number of halogens is 1. The van der Waals surface area contributed by atoms with E-state index in [1.807, 2.05) is 30.0 Å². The summed E-state index contributed by atoms with van der Waals surface area (Å²) in [6.45, 7) is 2.83. The van der Waals surface area contributed by atoms with E-state index in [4.69, 9.17) is 0 Å². The number of rotatable bonds is 2. The van der Waals surface area contributed by atoms with Gasteiger partial charge < -0.3 is 10.0 Å². The van der Waals surface area contributed by atoms with E-state index in [1.165, 1.54) is 0 Å². The van der Waals surface area contributed by atoms with Gasteiger partial charge in [-0.3, -0.25) is 4.79 Å². The van der Waals surface area contributed by atoms with Crippen LogP contribution in [0.25, 0.3) is 0 Å². The highest BCUT2D eigenvalue weighted by Gasteiger charge is 2.27. The lowest BCUT2D eigenvalue weighted by Gasteiger charge is -2.35. The Morgan fingerprint density at radius 2 is 2.28 bits per heavy atom. The molecule has 0 aliphatic carbocycles. The smallest absolute Gasteiger partial charge is 0.255 e. The normalized spacial score (nSPS) is 19.9. The van der Waals surface area contributed by atoms with Crippen LogP contribution in [0.3, 0.4) is 0 Å². The standard InChI is InChI=1S/C14H18INO2/c1-10-5-4-7-12(13(10)15)14(18)16-8-3-2-6-11(16)9-17/h4-5,7,11,17H,2-3,6,8-9H2,1H3. The Hall–Kier alpha value is -0.620. The van der Waals surface area contributed by atoms with E-state index in [0.29, 0.717) is 0 Å². The largest absolute Gasteiger partial charge is 0.394 e. The van der Waals surface area contributed by atoms with Gasteiger partial charge >= 0.3 is 0 Å². The van der Waals surface area contributed by atoms with E-state index in [-0.39, 0.29) is 18.6 Å². The SMILES string of the molecule is Cc1cccc(C(=O)N2CCCCC2CO)c1I. The number of carbonyl (C=O) groups is 1. The Morgan fingerprint density at radius 1 is 1.50 bits per heavy atom. The van der Waals surface area contributed by atoms with Crippen LogP contribution in [0.1, 0.15) is 35.2 Å². The molecule has 0 spiro atoms. The third-order valence-electron chi connectivity index (χ3n) is 3.52. The predicted octanol–water partition coefficient (Wildman–Crippen LogP) is 2.59. The molecule has 1 aromatic carbocycles. The van der Waals surface area contributed by atoms with Crippen LogP contribution in [0.2, 0.25) is 0 Å². The topological polar surface area (TPSA) is 40.5 Å². The zero-order valence-electron chi connectivity index (χ0n) is 10.5. The fraction of sp³-hybridized carbons (Fsp3) is 0.500. The third kappa shape index (κ3) is 2.69. The quantitative estimate of drug-likeness (QED) is 0.825. The molecule has 1 unspecified atom stereocenters. The van der Waals surface area contributed by atoms with Gasteiger partial charge in [0.05, 0.1) is 18.2 Å². The van der Waals surface area contributed by atoms with Crippen molar-refractivity contribution in [3.63, 3.8) is 0 Å². The molecule has 1 N–H and O–H groups in total. The molecule has 98 valence electrons. The summed E-state index contributed by atoms with van der Waals surface area (Å²) in [5.41, 5.74) is 1.88. The molecular weight excluding hydrogens is 341 g/mol. The zero-order chi connectivity index (χ0) is 13.1. The lowest BCUT2D eigenvalue weighted by atomic mass is 10.0. The van der Waals surface area contributed by atoms with Crippen molar-refractivity contribution in [1.82, 2.24) is 4.90 Å². The molecule has 0 radical (unpaired) electrons. The van der Waals surface area contributed by atoms with Crippen molar-refractivity contribution >= 4 is 28.5 Å². The molecule has 1 aliphatic rings. The summed E-state index contributed by atoms with van der Waals surface area (Å²) < 4.78 is 1.02. The van der Waals surface area contributed by atoms with E-state index in [9.17, 15) is 9.90 Å². The van der Waals surface area contributed by atoms with Crippen LogP contribution < -0.4 is 0 Å². The second-order valence-corrected chi connectivity index (χ2v) is 5.85. The number of hydrogen-bond donors (Lipinski definition) is 1. The highest BCUT2D eigenvalue weighted by atomic mass is 127. The van der Waals surface area contributed by atoms with Crippen LogP contribution in [0, 0.1) is 10.5 Å². The molecule has 18 heavy (non-hydrogen) atoms. The number of aryl methyl sites for hydroxylation is 1. The van der Waals surface area contributed by atoms with Gasteiger partial charge in [0.2, 0.25) is 0 Å². The van der Waals surface area contributed by atoms with Gasteiger partial charge in [0.1, 0.15) is 0 Å². The Kier molecular flexibility index (Phi) is 4.61. The second-order valence-electron chi connectivity index (χ2n) is 4.77. The average Bonchev–Trinajstić information content (AvgIpc) is 2.41. The third-order valence-corrected chi connectivity index (χ3v) is 4.95. The van der Waals surface area contributed by atoms with E-state index in [1.54, 1.807) is 0 Å². The van der Waals surface area contributed by atoms with E-state index >= 15 is 0 Å². The Bertz CT molecular complexity index is 447. The number of piperidine rings is 1. The van der Waals surface area contributed by atoms with Crippen LogP contribution >= 0.6 is 22.6 Å². The molecule has 3 nitrogen and oxygen atoms in total. The summed E-state index contributed by atoms with van der Waals surface area (Å²) in [6, 6.07) is 5.80. The number of hydrogen-bond acceptors (Lipinski definition) is 2. The molecule has 1 fully saturated rings. The monoisotopic (exact) mass is 359 g/mol. The summed E-state index contributed by atoms with van der Waals surface area (Å²) in [6.07, 6.45) is 3.04. The van der Waals surface area contributed by atoms with Gasteiger partial charge in [-0.2, -0.15) is 0 Å². The van der Waals surface area contributed by atoms with Crippen molar-refractivity contribution in [1.29, 1.82) is 0 Å². The molecule has 1 aromatic rings. The second kappa shape index (κ2) is 6.02. The first-order valence-electron chi connectivity index (χ1n) is 6.32. The maximum atomic E-state index is 12.6. The van der Waals surface area contributed by atoms with Gasteiger partial charge in [0, 0.05) is 10.1 Å². The Labute approximate surface area is 121 Å². The van der Waals surface area contributed by atoms with E-state index in [2.05, 4.69) is 22.6 Å². The number of benzene rings is 1. The van der Waals surface area contributed by atoms with Crippen LogP contribution in [0.5, 0.6) is 0 Å². The number of carbonyl (C=O) groups excluding carboxylic acids is 1. The fourth-order valence-electron chi connectivity index (χ4n) is 2.43. The van der Waals surface area contributed by atoms with Crippen molar-refractivity contribution < 1.29 is 9.90 Å². The number of amides is 1.